The number of aryl methyl sites for hydroxylation is 1. The molecule has 1 aliphatic heterocycles. The molecule has 0 aromatic heterocycles. The van der Waals surface area contributed by atoms with Gasteiger partial charge < -0.3 is 14.8 Å². The van der Waals surface area contributed by atoms with Gasteiger partial charge in [-0.1, -0.05) is 29.8 Å². The van der Waals surface area contributed by atoms with E-state index in [-0.39, 0.29) is 11.9 Å². The summed E-state index contributed by atoms with van der Waals surface area (Å²) in [5, 5.41) is 3.10. The number of carbonyl (C=O) groups excluding carboxylic acids is 1. The number of benzene rings is 2. The fourth-order valence-corrected chi connectivity index (χ4v) is 3.27. The first-order valence-corrected chi connectivity index (χ1v) is 8.98. The lowest BCUT2D eigenvalue weighted by Crippen LogP contribution is -2.43. The minimum atomic E-state index is -0.0464. The molecule has 2 aromatic rings. The Balaban J connectivity index is 1.75. The summed E-state index contributed by atoms with van der Waals surface area (Å²) in [7, 11) is 1.67. The van der Waals surface area contributed by atoms with Crippen molar-refractivity contribution < 1.29 is 14.3 Å². The normalized spacial score (nSPS) is 16.1. The number of hydrogen-bond acceptors (Lipinski definition) is 4. The van der Waals surface area contributed by atoms with Gasteiger partial charge in [-0.05, 0) is 36.8 Å². The number of hydrogen-bond donors (Lipinski definition) is 1. The van der Waals surface area contributed by atoms with Gasteiger partial charge in [0.05, 0.1) is 26.4 Å². The summed E-state index contributed by atoms with van der Waals surface area (Å²) >= 11 is 0. The third-order valence-electron chi connectivity index (χ3n) is 4.70. The Morgan fingerprint density at radius 2 is 1.96 bits per heavy atom. The Labute approximate surface area is 154 Å². The highest BCUT2D eigenvalue weighted by molar-refractivity contribution is 5.94. The maximum atomic E-state index is 12.6. The quantitative estimate of drug-likeness (QED) is 0.867. The maximum absolute atomic E-state index is 12.6. The lowest BCUT2D eigenvalue weighted by molar-refractivity contribution is 0.0162. The summed E-state index contributed by atoms with van der Waals surface area (Å²) in [6, 6.07) is 15.8. The van der Waals surface area contributed by atoms with Crippen molar-refractivity contribution in [3.63, 3.8) is 0 Å². The Bertz CT molecular complexity index is 742. The molecule has 26 heavy (non-hydrogen) atoms. The Morgan fingerprint density at radius 1 is 1.19 bits per heavy atom. The Kier molecular flexibility index (Phi) is 6.26. The molecular weight excluding hydrogens is 328 g/mol. The number of nitrogens with zero attached hydrogens (tertiary/aromatic N) is 1. The van der Waals surface area contributed by atoms with Crippen molar-refractivity contribution in [1.29, 1.82) is 0 Å². The van der Waals surface area contributed by atoms with Crippen molar-refractivity contribution in [3.8, 4) is 5.75 Å². The van der Waals surface area contributed by atoms with Crippen LogP contribution in [0.3, 0.4) is 0 Å². The van der Waals surface area contributed by atoms with Gasteiger partial charge in [0, 0.05) is 25.2 Å². The van der Waals surface area contributed by atoms with Gasteiger partial charge in [-0.3, -0.25) is 9.69 Å². The fraction of sp³-hybridized carbons (Fsp3) is 0.381. The van der Waals surface area contributed by atoms with E-state index in [2.05, 4.69) is 16.3 Å². The zero-order valence-corrected chi connectivity index (χ0v) is 15.4. The van der Waals surface area contributed by atoms with Gasteiger partial charge in [0.15, 0.2) is 0 Å². The van der Waals surface area contributed by atoms with E-state index in [1.807, 2.05) is 49.4 Å². The predicted octanol–water partition coefficient (Wildman–Crippen LogP) is 2.81. The van der Waals surface area contributed by atoms with Gasteiger partial charge in [-0.15, -0.1) is 0 Å². The highest BCUT2D eigenvalue weighted by atomic mass is 16.5. The summed E-state index contributed by atoms with van der Waals surface area (Å²) < 4.78 is 10.9. The molecule has 0 radical (unpaired) electrons. The van der Waals surface area contributed by atoms with Gasteiger partial charge in [-0.25, -0.2) is 0 Å². The van der Waals surface area contributed by atoms with Gasteiger partial charge in [0.1, 0.15) is 5.75 Å². The fourth-order valence-electron chi connectivity index (χ4n) is 3.27. The molecule has 0 aliphatic carbocycles. The van der Waals surface area contributed by atoms with Crippen molar-refractivity contribution in [1.82, 2.24) is 10.2 Å². The van der Waals surface area contributed by atoms with E-state index in [4.69, 9.17) is 9.47 Å². The monoisotopic (exact) mass is 354 g/mol. The number of methoxy groups -OCH3 is 1. The molecule has 3 rings (SSSR count). The number of rotatable bonds is 6. The lowest BCUT2D eigenvalue weighted by Gasteiger charge is -2.35. The molecule has 1 atom stereocenters. The van der Waals surface area contributed by atoms with Crippen LogP contribution in [0.5, 0.6) is 5.75 Å². The van der Waals surface area contributed by atoms with E-state index < -0.39 is 0 Å². The zero-order valence-electron chi connectivity index (χ0n) is 15.4. The van der Waals surface area contributed by atoms with E-state index in [1.165, 1.54) is 0 Å². The smallest absolute Gasteiger partial charge is 0.251 e. The van der Waals surface area contributed by atoms with E-state index in [0.717, 1.165) is 30.0 Å². The number of nitrogens with one attached hydrogen (secondary N) is 1. The molecular formula is C21H26N2O3. The van der Waals surface area contributed by atoms with Crippen LogP contribution in [-0.4, -0.2) is 50.8 Å². The SMILES string of the molecule is COc1cccc([C@H](CNC(=O)c2cccc(C)c2)N2CCOCC2)c1. The molecule has 5 heteroatoms. The second kappa shape index (κ2) is 8.83. The van der Waals surface area contributed by atoms with Crippen LogP contribution in [0.2, 0.25) is 0 Å². The number of amides is 1. The number of carbonyl (C=O) groups is 1. The molecule has 1 aliphatic rings. The largest absolute Gasteiger partial charge is 0.497 e. The molecule has 1 fully saturated rings. The van der Waals surface area contributed by atoms with Gasteiger partial charge in [-0.2, -0.15) is 0 Å². The number of morpholine rings is 1. The molecule has 1 heterocycles. The average Bonchev–Trinajstić information content (AvgIpc) is 2.69. The third-order valence-corrected chi connectivity index (χ3v) is 4.70. The first-order chi connectivity index (χ1) is 12.7. The highest BCUT2D eigenvalue weighted by Gasteiger charge is 2.23. The third kappa shape index (κ3) is 4.62. The van der Waals surface area contributed by atoms with E-state index in [0.29, 0.717) is 25.3 Å². The number of ether oxygens (including phenoxy) is 2. The molecule has 5 nitrogen and oxygen atoms in total. The van der Waals surface area contributed by atoms with Crippen molar-refractivity contribution in [2.45, 2.75) is 13.0 Å². The van der Waals surface area contributed by atoms with Crippen LogP contribution < -0.4 is 10.1 Å². The van der Waals surface area contributed by atoms with Crippen LogP contribution in [0.25, 0.3) is 0 Å². The van der Waals surface area contributed by atoms with Crippen molar-refractivity contribution in [2.75, 3.05) is 40.0 Å². The minimum Gasteiger partial charge on any atom is -0.497 e. The molecule has 0 saturated carbocycles. The molecule has 0 bridgehead atoms. The topological polar surface area (TPSA) is 50.8 Å². The predicted molar refractivity (Wildman–Crippen MR) is 102 cm³/mol. The van der Waals surface area contributed by atoms with Crippen LogP contribution in [0.15, 0.2) is 48.5 Å². The Morgan fingerprint density at radius 3 is 2.69 bits per heavy atom. The first-order valence-electron chi connectivity index (χ1n) is 8.98. The minimum absolute atomic E-state index is 0.0464. The average molecular weight is 354 g/mol. The van der Waals surface area contributed by atoms with Crippen molar-refractivity contribution in [2.24, 2.45) is 0 Å². The van der Waals surface area contributed by atoms with Crippen LogP contribution in [0.1, 0.15) is 27.5 Å². The van der Waals surface area contributed by atoms with Gasteiger partial charge in [0.25, 0.3) is 5.91 Å². The van der Waals surface area contributed by atoms with Gasteiger partial charge in [0.2, 0.25) is 0 Å². The van der Waals surface area contributed by atoms with Crippen LogP contribution >= 0.6 is 0 Å². The van der Waals surface area contributed by atoms with Crippen LogP contribution in [0, 0.1) is 6.92 Å². The zero-order chi connectivity index (χ0) is 18.4. The molecule has 1 saturated heterocycles. The van der Waals surface area contributed by atoms with E-state index >= 15 is 0 Å². The van der Waals surface area contributed by atoms with Crippen molar-refractivity contribution in [3.05, 3.63) is 65.2 Å². The molecule has 0 spiro atoms. The van der Waals surface area contributed by atoms with E-state index in [1.54, 1.807) is 7.11 Å². The highest BCUT2D eigenvalue weighted by Crippen LogP contribution is 2.25. The lowest BCUT2D eigenvalue weighted by atomic mass is 10.0. The van der Waals surface area contributed by atoms with Crippen LogP contribution in [0.4, 0.5) is 0 Å². The summed E-state index contributed by atoms with van der Waals surface area (Å²) in [5.41, 5.74) is 2.90. The summed E-state index contributed by atoms with van der Waals surface area (Å²) in [6.45, 7) is 5.66. The standard InChI is InChI=1S/C21H26N2O3/c1-16-5-3-7-18(13-16)21(24)22-15-20(23-9-11-26-12-10-23)17-6-4-8-19(14-17)25-2/h3-8,13-14,20H,9-12,15H2,1-2H3,(H,22,24)/t20-/m0/s1. The second-order valence-corrected chi connectivity index (χ2v) is 6.52. The Hall–Kier alpha value is -2.37. The molecule has 2 aromatic carbocycles. The molecule has 1 amide bonds. The first kappa shape index (κ1) is 18.4. The van der Waals surface area contributed by atoms with Crippen molar-refractivity contribution >= 4 is 5.91 Å². The van der Waals surface area contributed by atoms with Crippen LogP contribution in [-0.2, 0) is 4.74 Å². The molecule has 138 valence electrons. The van der Waals surface area contributed by atoms with Gasteiger partial charge >= 0.3 is 0 Å². The maximum Gasteiger partial charge on any atom is 0.251 e. The summed E-state index contributed by atoms with van der Waals surface area (Å²) in [5.74, 6) is 0.778. The summed E-state index contributed by atoms with van der Waals surface area (Å²) in [4.78, 5) is 14.9. The van der Waals surface area contributed by atoms with E-state index in [9.17, 15) is 4.79 Å². The molecule has 0 unspecified atom stereocenters. The summed E-state index contributed by atoms with van der Waals surface area (Å²) in [6.07, 6.45) is 0. The second-order valence-electron chi connectivity index (χ2n) is 6.52. The molecule has 1 N–H and O–H groups in total.